The standard InChI is InChI=1S/C32H29ClN2O2/c1-4-21(2)22-16-18-29-28(19-22)34-30(37-29)23-15-17-26(33)27(20-23)35-31(36)32(3,24-11-7-5-8-12-24)25-13-9-6-10-14-25/h5-21H,4H2,1-3H3,(H,35,36)/t21-/m0/s1. The number of hydrogen-bond donors (Lipinski definition) is 1. The third-order valence-corrected chi connectivity index (χ3v) is 7.54. The van der Waals surface area contributed by atoms with Gasteiger partial charge in [0, 0.05) is 5.56 Å². The first kappa shape index (κ1) is 24.8. The molecule has 0 unspecified atom stereocenters. The molecule has 5 aromatic rings. The van der Waals surface area contributed by atoms with E-state index in [0.29, 0.717) is 22.5 Å². The van der Waals surface area contributed by atoms with E-state index in [1.54, 1.807) is 6.07 Å². The molecule has 37 heavy (non-hydrogen) atoms. The summed E-state index contributed by atoms with van der Waals surface area (Å²) in [5.74, 6) is 0.752. The summed E-state index contributed by atoms with van der Waals surface area (Å²) in [4.78, 5) is 18.6. The number of carbonyl (C=O) groups excluding carboxylic acids is 1. The monoisotopic (exact) mass is 508 g/mol. The summed E-state index contributed by atoms with van der Waals surface area (Å²) < 4.78 is 6.06. The van der Waals surface area contributed by atoms with Crippen LogP contribution in [0.1, 0.15) is 49.8 Å². The third-order valence-electron chi connectivity index (χ3n) is 7.21. The fourth-order valence-corrected chi connectivity index (χ4v) is 4.75. The highest BCUT2D eigenvalue weighted by molar-refractivity contribution is 6.34. The van der Waals surface area contributed by atoms with E-state index in [1.165, 1.54) is 5.56 Å². The van der Waals surface area contributed by atoms with Crippen molar-refractivity contribution in [2.45, 2.75) is 38.5 Å². The smallest absolute Gasteiger partial charge is 0.239 e. The van der Waals surface area contributed by atoms with Gasteiger partial charge in [-0.25, -0.2) is 4.98 Å². The molecule has 5 heteroatoms. The SMILES string of the molecule is CC[C@H](C)c1ccc2oc(-c3ccc(Cl)c(NC(=O)C(C)(c4ccccc4)c4ccccc4)c3)nc2c1. The second-order valence-electron chi connectivity index (χ2n) is 9.56. The molecule has 0 aliphatic carbocycles. The lowest BCUT2D eigenvalue weighted by Crippen LogP contribution is -2.38. The van der Waals surface area contributed by atoms with E-state index in [2.05, 4.69) is 31.3 Å². The topological polar surface area (TPSA) is 55.1 Å². The normalized spacial score (nSPS) is 12.4. The zero-order valence-electron chi connectivity index (χ0n) is 21.2. The zero-order valence-corrected chi connectivity index (χ0v) is 21.9. The Bertz CT molecular complexity index is 1500. The van der Waals surface area contributed by atoms with Gasteiger partial charge in [-0.1, -0.05) is 92.2 Å². The van der Waals surface area contributed by atoms with Gasteiger partial charge in [0.1, 0.15) is 5.52 Å². The Hall–Kier alpha value is -3.89. The summed E-state index contributed by atoms with van der Waals surface area (Å²) in [7, 11) is 0. The second kappa shape index (κ2) is 10.2. The van der Waals surface area contributed by atoms with Gasteiger partial charge in [0.2, 0.25) is 11.8 Å². The lowest BCUT2D eigenvalue weighted by Gasteiger charge is -2.30. The van der Waals surface area contributed by atoms with Gasteiger partial charge >= 0.3 is 0 Å². The van der Waals surface area contributed by atoms with Crippen molar-refractivity contribution in [3.8, 4) is 11.5 Å². The maximum Gasteiger partial charge on any atom is 0.239 e. The lowest BCUT2D eigenvalue weighted by atomic mass is 9.75. The minimum Gasteiger partial charge on any atom is -0.436 e. The molecule has 186 valence electrons. The Labute approximate surface area is 222 Å². The molecule has 1 amide bonds. The Balaban J connectivity index is 1.50. The van der Waals surface area contributed by atoms with Crippen LogP contribution in [0.15, 0.2) is 101 Å². The van der Waals surface area contributed by atoms with E-state index in [-0.39, 0.29) is 5.91 Å². The van der Waals surface area contributed by atoms with E-state index in [1.807, 2.05) is 85.8 Å². The van der Waals surface area contributed by atoms with Crippen molar-refractivity contribution in [1.82, 2.24) is 4.98 Å². The summed E-state index contributed by atoms with van der Waals surface area (Å²) >= 11 is 6.55. The molecule has 0 aliphatic rings. The fourth-order valence-electron chi connectivity index (χ4n) is 4.58. The van der Waals surface area contributed by atoms with Gasteiger partial charge in [0.15, 0.2) is 5.58 Å². The summed E-state index contributed by atoms with van der Waals surface area (Å²) in [6.45, 7) is 6.31. The first-order valence-electron chi connectivity index (χ1n) is 12.5. The predicted molar refractivity (Wildman–Crippen MR) is 151 cm³/mol. The molecule has 4 nitrogen and oxygen atoms in total. The van der Waals surface area contributed by atoms with Crippen LogP contribution in [0, 0.1) is 0 Å². The van der Waals surface area contributed by atoms with E-state index in [4.69, 9.17) is 21.0 Å². The van der Waals surface area contributed by atoms with E-state index in [0.717, 1.165) is 34.2 Å². The average molecular weight is 509 g/mol. The molecule has 0 saturated carbocycles. The summed E-state index contributed by atoms with van der Waals surface area (Å²) in [5.41, 5.74) is 4.87. The molecule has 1 atom stereocenters. The molecule has 5 rings (SSSR count). The van der Waals surface area contributed by atoms with Gasteiger partial charge in [-0.3, -0.25) is 4.79 Å². The first-order valence-corrected chi connectivity index (χ1v) is 12.9. The van der Waals surface area contributed by atoms with Crippen LogP contribution in [-0.2, 0) is 10.2 Å². The van der Waals surface area contributed by atoms with E-state index >= 15 is 0 Å². The molecule has 0 radical (unpaired) electrons. The highest BCUT2D eigenvalue weighted by Gasteiger charge is 2.37. The number of amides is 1. The summed E-state index contributed by atoms with van der Waals surface area (Å²) in [6.07, 6.45) is 1.06. The quantitative estimate of drug-likeness (QED) is 0.239. The highest BCUT2D eigenvalue weighted by atomic mass is 35.5. The number of fused-ring (bicyclic) bond motifs is 1. The van der Waals surface area contributed by atoms with E-state index < -0.39 is 5.41 Å². The summed E-state index contributed by atoms with van der Waals surface area (Å²) in [6, 6.07) is 31.1. The Morgan fingerprint density at radius 3 is 2.22 bits per heavy atom. The van der Waals surface area contributed by atoms with E-state index in [9.17, 15) is 4.79 Å². The van der Waals surface area contributed by atoms with Crippen molar-refractivity contribution in [3.63, 3.8) is 0 Å². The average Bonchev–Trinajstić information content (AvgIpc) is 3.37. The van der Waals surface area contributed by atoms with Crippen molar-refractivity contribution in [3.05, 3.63) is 119 Å². The molecule has 1 N–H and O–H groups in total. The number of oxazole rings is 1. The molecule has 0 spiro atoms. The van der Waals surface area contributed by atoms with Crippen molar-refractivity contribution in [2.75, 3.05) is 5.32 Å². The predicted octanol–water partition coefficient (Wildman–Crippen LogP) is 8.61. The number of benzene rings is 4. The van der Waals surface area contributed by atoms with Crippen LogP contribution in [0.5, 0.6) is 0 Å². The van der Waals surface area contributed by atoms with Gasteiger partial charge in [-0.05, 0) is 66.3 Å². The van der Waals surface area contributed by atoms with Gasteiger partial charge in [-0.15, -0.1) is 0 Å². The van der Waals surface area contributed by atoms with Crippen LogP contribution < -0.4 is 5.32 Å². The molecule has 1 heterocycles. The lowest BCUT2D eigenvalue weighted by molar-refractivity contribution is -0.119. The van der Waals surface area contributed by atoms with Gasteiger partial charge < -0.3 is 9.73 Å². The van der Waals surface area contributed by atoms with Crippen molar-refractivity contribution < 1.29 is 9.21 Å². The number of halogens is 1. The Morgan fingerprint density at radius 2 is 1.59 bits per heavy atom. The molecule has 0 fully saturated rings. The van der Waals surface area contributed by atoms with Crippen molar-refractivity contribution >= 4 is 34.3 Å². The Morgan fingerprint density at radius 1 is 0.946 bits per heavy atom. The van der Waals surface area contributed by atoms with Crippen LogP contribution >= 0.6 is 11.6 Å². The number of aromatic nitrogens is 1. The third kappa shape index (κ3) is 4.77. The Kier molecular flexibility index (Phi) is 6.86. The number of carbonyl (C=O) groups is 1. The van der Waals surface area contributed by atoms with Crippen molar-refractivity contribution in [1.29, 1.82) is 0 Å². The van der Waals surface area contributed by atoms with Crippen LogP contribution in [0.2, 0.25) is 5.02 Å². The number of hydrogen-bond acceptors (Lipinski definition) is 3. The maximum atomic E-state index is 13.9. The van der Waals surface area contributed by atoms with Gasteiger partial charge in [0.05, 0.1) is 16.1 Å². The molecular weight excluding hydrogens is 480 g/mol. The number of nitrogens with one attached hydrogen (secondary N) is 1. The number of rotatable bonds is 7. The minimum atomic E-state index is -0.925. The fraction of sp³-hybridized carbons (Fsp3) is 0.188. The highest BCUT2D eigenvalue weighted by Crippen LogP contribution is 2.36. The van der Waals surface area contributed by atoms with Gasteiger partial charge in [-0.2, -0.15) is 0 Å². The molecule has 0 saturated heterocycles. The first-order chi connectivity index (χ1) is 17.9. The van der Waals surface area contributed by atoms with Crippen LogP contribution in [-0.4, -0.2) is 10.9 Å². The van der Waals surface area contributed by atoms with Gasteiger partial charge in [0.25, 0.3) is 0 Å². The minimum absolute atomic E-state index is 0.181. The zero-order chi connectivity index (χ0) is 26.0. The second-order valence-corrected chi connectivity index (χ2v) is 9.97. The number of anilines is 1. The number of nitrogens with zero attached hydrogens (tertiary/aromatic N) is 1. The molecule has 0 bridgehead atoms. The molecule has 1 aromatic heterocycles. The van der Waals surface area contributed by atoms with Crippen LogP contribution in [0.3, 0.4) is 0 Å². The maximum absolute atomic E-state index is 13.9. The largest absolute Gasteiger partial charge is 0.436 e. The molecular formula is C32H29ClN2O2. The van der Waals surface area contributed by atoms with Crippen molar-refractivity contribution in [2.24, 2.45) is 0 Å². The van der Waals surface area contributed by atoms with Crippen LogP contribution in [0.4, 0.5) is 5.69 Å². The van der Waals surface area contributed by atoms with Crippen LogP contribution in [0.25, 0.3) is 22.6 Å². The molecule has 0 aliphatic heterocycles. The molecule has 4 aromatic carbocycles. The summed E-state index contributed by atoms with van der Waals surface area (Å²) in [5, 5.41) is 3.52.